The van der Waals surface area contributed by atoms with Gasteiger partial charge in [-0.05, 0) is 79.2 Å². The third-order valence-corrected chi connectivity index (χ3v) is 10.4. The quantitative estimate of drug-likeness (QED) is 0.184. The van der Waals surface area contributed by atoms with Crippen LogP contribution in [0.4, 0.5) is 11.4 Å². The van der Waals surface area contributed by atoms with Crippen molar-refractivity contribution in [3.63, 3.8) is 0 Å². The van der Waals surface area contributed by atoms with E-state index in [1.165, 1.54) is 11.3 Å². The highest BCUT2D eigenvalue weighted by molar-refractivity contribution is 5.89. The van der Waals surface area contributed by atoms with Crippen LogP contribution in [0.3, 0.4) is 0 Å². The summed E-state index contributed by atoms with van der Waals surface area (Å²) in [6.45, 7) is 2.10. The minimum atomic E-state index is -0.297. The summed E-state index contributed by atoms with van der Waals surface area (Å²) < 4.78 is 14.1. The number of allylic oxidation sites excluding steroid dienone is 3. The molecule has 0 amide bonds. The maximum atomic E-state index is 7.07. The van der Waals surface area contributed by atoms with Crippen molar-refractivity contribution in [2.24, 2.45) is 0 Å². The number of fused-ring (bicyclic) bond motifs is 7. The summed E-state index contributed by atoms with van der Waals surface area (Å²) in [5, 5.41) is 3.64. The van der Waals surface area contributed by atoms with Crippen LogP contribution in [0.5, 0.6) is 17.2 Å². The van der Waals surface area contributed by atoms with Gasteiger partial charge in [-0.3, -0.25) is 10.3 Å². The molecule has 3 aliphatic rings. The molecule has 0 saturated heterocycles. The number of benzene rings is 5. The first kappa shape index (κ1) is 31.8. The van der Waals surface area contributed by atoms with Crippen molar-refractivity contribution in [1.82, 2.24) is 10.3 Å². The highest BCUT2D eigenvalue weighted by Gasteiger charge is 2.39. The van der Waals surface area contributed by atoms with Gasteiger partial charge in [-0.1, -0.05) is 115 Å². The Balaban J connectivity index is 1.23. The van der Waals surface area contributed by atoms with Crippen LogP contribution >= 0.6 is 0 Å². The molecular formula is C47H39N3O2. The number of rotatable bonds is 5. The molecule has 5 nitrogen and oxygen atoms in total. The first-order valence-corrected chi connectivity index (χ1v) is 18.0. The van der Waals surface area contributed by atoms with Gasteiger partial charge in [0, 0.05) is 46.0 Å². The van der Waals surface area contributed by atoms with E-state index in [-0.39, 0.29) is 24.1 Å². The SMILES string of the molecule is C/C=C\C1c2cccc(-c3ccc4c(c3)Oc3ccccc3-c3ccccc3OC3C=C(c5ccccn5)C=CC43)c2N(c2ccccc2)C1NC. The summed E-state index contributed by atoms with van der Waals surface area (Å²) in [4.78, 5) is 7.10. The maximum Gasteiger partial charge on any atom is 0.135 e. The van der Waals surface area contributed by atoms with Crippen molar-refractivity contribution in [1.29, 1.82) is 0 Å². The Bertz CT molecular complexity index is 2350. The fourth-order valence-corrected chi connectivity index (χ4v) is 8.05. The Labute approximate surface area is 305 Å². The van der Waals surface area contributed by atoms with Gasteiger partial charge in [-0.2, -0.15) is 0 Å². The van der Waals surface area contributed by atoms with E-state index >= 15 is 0 Å². The molecule has 4 unspecified atom stereocenters. The molecular weight excluding hydrogens is 639 g/mol. The van der Waals surface area contributed by atoms with Crippen molar-refractivity contribution in [2.75, 3.05) is 11.9 Å². The van der Waals surface area contributed by atoms with E-state index in [4.69, 9.17) is 9.47 Å². The highest BCUT2D eigenvalue weighted by Crippen LogP contribution is 2.51. The molecule has 3 heterocycles. The number of ether oxygens (including phenoxy) is 2. The maximum absolute atomic E-state index is 7.07. The molecule has 2 aliphatic heterocycles. The van der Waals surface area contributed by atoms with Crippen molar-refractivity contribution in [2.45, 2.75) is 31.0 Å². The molecule has 0 saturated carbocycles. The van der Waals surface area contributed by atoms with Crippen molar-refractivity contribution >= 4 is 16.9 Å². The highest BCUT2D eigenvalue weighted by atomic mass is 16.5. The molecule has 1 aliphatic carbocycles. The molecule has 254 valence electrons. The first-order valence-electron chi connectivity index (χ1n) is 18.0. The summed E-state index contributed by atoms with van der Waals surface area (Å²) in [7, 11) is 2.05. The smallest absolute Gasteiger partial charge is 0.135 e. The zero-order valence-corrected chi connectivity index (χ0v) is 29.2. The molecule has 1 N–H and O–H groups in total. The van der Waals surface area contributed by atoms with Gasteiger partial charge >= 0.3 is 0 Å². The molecule has 5 heteroatoms. The number of anilines is 2. The van der Waals surface area contributed by atoms with Crippen LogP contribution in [0.15, 0.2) is 170 Å². The molecule has 4 atom stereocenters. The lowest BCUT2D eigenvalue weighted by atomic mass is 9.85. The van der Waals surface area contributed by atoms with Crippen LogP contribution in [0.1, 0.15) is 35.6 Å². The zero-order valence-electron chi connectivity index (χ0n) is 29.2. The van der Waals surface area contributed by atoms with Crippen molar-refractivity contribution < 1.29 is 9.47 Å². The van der Waals surface area contributed by atoms with Gasteiger partial charge in [0.25, 0.3) is 0 Å². The van der Waals surface area contributed by atoms with E-state index in [0.29, 0.717) is 0 Å². The third-order valence-electron chi connectivity index (χ3n) is 10.4. The topological polar surface area (TPSA) is 46.6 Å². The molecule has 0 radical (unpaired) electrons. The van der Waals surface area contributed by atoms with Gasteiger partial charge in [-0.15, -0.1) is 0 Å². The largest absolute Gasteiger partial charge is 0.485 e. The van der Waals surface area contributed by atoms with E-state index in [1.54, 1.807) is 0 Å². The molecule has 0 spiro atoms. The van der Waals surface area contributed by atoms with E-state index in [9.17, 15) is 0 Å². The summed E-state index contributed by atoms with van der Waals surface area (Å²) in [5.41, 5.74) is 10.9. The van der Waals surface area contributed by atoms with Crippen LogP contribution in [0.25, 0.3) is 27.8 Å². The Kier molecular flexibility index (Phi) is 8.26. The molecule has 52 heavy (non-hydrogen) atoms. The van der Waals surface area contributed by atoms with Crippen LogP contribution in [-0.4, -0.2) is 24.3 Å². The average Bonchev–Trinajstić information content (AvgIpc) is 3.52. The van der Waals surface area contributed by atoms with Crippen LogP contribution in [0, 0.1) is 0 Å². The van der Waals surface area contributed by atoms with E-state index in [0.717, 1.165) is 62.0 Å². The van der Waals surface area contributed by atoms with Gasteiger partial charge in [0.1, 0.15) is 23.4 Å². The van der Waals surface area contributed by atoms with Gasteiger partial charge < -0.3 is 14.4 Å². The molecule has 1 aromatic heterocycles. The fraction of sp³-hybridized carbons (Fsp3) is 0.128. The number of nitrogens with zero attached hydrogens (tertiary/aromatic N) is 2. The lowest BCUT2D eigenvalue weighted by Crippen LogP contribution is -2.40. The minimum Gasteiger partial charge on any atom is -0.485 e. The van der Waals surface area contributed by atoms with Gasteiger partial charge in [0.15, 0.2) is 0 Å². The minimum absolute atomic E-state index is 0.0555. The zero-order chi connectivity index (χ0) is 35.0. The number of para-hydroxylation sites is 4. The van der Waals surface area contributed by atoms with Crippen LogP contribution < -0.4 is 19.7 Å². The van der Waals surface area contributed by atoms with Gasteiger partial charge in [-0.25, -0.2) is 0 Å². The molecule has 5 aromatic carbocycles. The second kappa shape index (κ2) is 13.5. The second-order valence-corrected chi connectivity index (χ2v) is 13.4. The Morgan fingerprint density at radius 1 is 0.712 bits per heavy atom. The lowest BCUT2D eigenvalue weighted by Gasteiger charge is -2.32. The fourth-order valence-electron chi connectivity index (χ4n) is 8.05. The van der Waals surface area contributed by atoms with Crippen molar-refractivity contribution in [3.8, 4) is 39.5 Å². The molecule has 9 rings (SSSR count). The Hall–Kier alpha value is -6.17. The normalized spacial score (nSPS) is 20.0. The van der Waals surface area contributed by atoms with E-state index < -0.39 is 0 Å². The molecule has 6 aromatic rings. The number of aromatic nitrogens is 1. The van der Waals surface area contributed by atoms with E-state index in [2.05, 4.69) is 150 Å². The number of nitrogens with one attached hydrogen (secondary N) is 1. The summed E-state index contributed by atoms with van der Waals surface area (Å²) in [6.07, 6.45) is 12.7. The Morgan fingerprint density at radius 2 is 1.46 bits per heavy atom. The number of pyridine rings is 1. The first-order chi connectivity index (χ1) is 25.7. The predicted molar refractivity (Wildman–Crippen MR) is 211 cm³/mol. The molecule has 0 bridgehead atoms. The summed E-state index contributed by atoms with van der Waals surface area (Å²) >= 11 is 0. The van der Waals surface area contributed by atoms with E-state index in [1.807, 2.05) is 49.6 Å². The summed E-state index contributed by atoms with van der Waals surface area (Å²) in [6, 6.07) is 46.5. The number of hydrogen-bond donors (Lipinski definition) is 1. The number of hydrogen-bond acceptors (Lipinski definition) is 5. The van der Waals surface area contributed by atoms with Crippen LogP contribution in [0.2, 0.25) is 0 Å². The number of likely N-dealkylation sites (N-methyl/N-ethyl adjacent to an activating group) is 1. The lowest BCUT2D eigenvalue weighted by molar-refractivity contribution is 0.231. The molecule has 0 fully saturated rings. The standard InChI is InChI=1S/C47H39N3O2/c1-3-14-40-39-20-13-19-34(46(39)50(47(40)48-2)33-15-5-4-6-16-33)31-24-26-37-38-27-25-32(41-21-11-12-28-49-41)30-45(38)52-43-23-10-8-18-36(43)35-17-7-9-22-42(35)51-44(37)29-31/h3-30,38,40,45,47-48H,1-2H3/b14-3-. The van der Waals surface area contributed by atoms with Crippen molar-refractivity contribution in [3.05, 3.63) is 187 Å². The van der Waals surface area contributed by atoms with Gasteiger partial charge in [0.05, 0.1) is 17.5 Å². The average molecular weight is 678 g/mol. The summed E-state index contributed by atoms with van der Waals surface area (Å²) in [5.74, 6) is 2.48. The third kappa shape index (κ3) is 5.51. The van der Waals surface area contributed by atoms with Gasteiger partial charge in [0.2, 0.25) is 0 Å². The predicted octanol–water partition coefficient (Wildman–Crippen LogP) is 11.1. The Morgan fingerprint density at radius 3 is 2.25 bits per heavy atom. The second-order valence-electron chi connectivity index (χ2n) is 13.4. The monoisotopic (exact) mass is 677 g/mol. The van der Waals surface area contributed by atoms with Crippen LogP contribution in [-0.2, 0) is 0 Å².